The maximum Gasteiger partial charge on any atom is 0.231 e. The molecule has 0 aliphatic carbocycles. The summed E-state index contributed by atoms with van der Waals surface area (Å²) in [6, 6.07) is 15.4. The van der Waals surface area contributed by atoms with Gasteiger partial charge in [0.15, 0.2) is 0 Å². The number of ether oxygens (including phenoxy) is 1. The number of hydrogen-bond donors (Lipinski definition) is 1. The van der Waals surface area contributed by atoms with E-state index in [-0.39, 0.29) is 11.8 Å². The van der Waals surface area contributed by atoms with Crippen LogP contribution >= 0.6 is 15.9 Å². The largest absolute Gasteiger partial charge is 0.492 e. The Hall–Kier alpha value is -1.81. The van der Waals surface area contributed by atoms with Gasteiger partial charge in [0, 0.05) is 10.2 Å². The van der Waals surface area contributed by atoms with E-state index in [1.54, 1.807) is 0 Å². The molecule has 0 fully saturated rings. The second-order valence-corrected chi connectivity index (χ2v) is 5.74. The summed E-state index contributed by atoms with van der Waals surface area (Å²) in [7, 11) is 0. The molecule has 2 aromatic rings. The Labute approximate surface area is 126 Å². The monoisotopic (exact) mass is 331 g/mol. The summed E-state index contributed by atoms with van der Waals surface area (Å²) in [5.74, 6) is 0.737. The molecule has 3 nitrogen and oxygen atoms in total. The smallest absolute Gasteiger partial charge is 0.231 e. The Morgan fingerprint density at radius 2 is 2.05 bits per heavy atom. The van der Waals surface area contributed by atoms with E-state index in [1.807, 2.05) is 48.5 Å². The fraction of sp³-hybridized carbons (Fsp3) is 0.188. The summed E-state index contributed by atoms with van der Waals surface area (Å²) in [6.07, 6.45) is 0.718. The number of hydrogen-bond acceptors (Lipinski definition) is 2. The minimum absolute atomic E-state index is 0.00222. The SMILES string of the molecule is O=C(Nc1cccc(Br)c1)C1COc2ccccc2C1. The molecule has 102 valence electrons. The minimum Gasteiger partial charge on any atom is -0.492 e. The van der Waals surface area contributed by atoms with Crippen molar-refractivity contribution in [3.63, 3.8) is 0 Å². The number of carbonyl (C=O) groups is 1. The number of carbonyl (C=O) groups excluding carboxylic acids is 1. The predicted octanol–water partition coefficient (Wildman–Crippen LogP) is 3.64. The minimum atomic E-state index is -0.149. The molecule has 3 rings (SSSR count). The molecule has 4 heteroatoms. The Bertz CT molecular complexity index is 642. The van der Waals surface area contributed by atoms with E-state index in [9.17, 15) is 4.79 Å². The van der Waals surface area contributed by atoms with Crippen LogP contribution in [0.3, 0.4) is 0 Å². The highest BCUT2D eigenvalue weighted by atomic mass is 79.9. The van der Waals surface area contributed by atoms with Crippen LogP contribution < -0.4 is 10.1 Å². The van der Waals surface area contributed by atoms with Crippen molar-refractivity contribution >= 4 is 27.5 Å². The molecule has 1 unspecified atom stereocenters. The third-order valence-electron chi connectivity index (χ3n) is 3.34. The Balaban J connectivity index is 1.70. The summed E-state index contributed by atoms with van der Waals surface area (Å²) in [5.41, 5.74) is 1.89. The van der Waals surface area contributed by atoms with Gasteiger partial charge in [0.2, 0.25) is 5.91 Å². The first kappa shape index (κ1) is 13.2. The van der Waals surface area contributed by atoms with Gasteiger partial charge in [-0.2, -0.15) is 0 Å². The van der Waals surface area contributed by atoms with Crippen molar-refractivity contribution in [2.24, 2.45) is 5.92 Å². The number of nitrogens with one attached hydrogen (secondary N) is 1. The molecule has 1 amide bonds. The number of rotatable bonds is 2. The lowest BCUT2D eigenvalue weighted by atomic mass is 9.96. The number of amides is 1. The van der Waals surface area contributed by atoms with Gasteiger partial charge in [-0.1, -0.05) is 40.2 Å². The van der Waals surface area contributed by atoms with Crippen LogP contribution in [0.25, 0.3) is 0 Å². The lowest BCUT2D eigenvalue weighted by molar-refractivity contribution is -0.121. The van der Waals surface area contributed by atoms with Gasteiger partial charge in [-0.3, -0.25) is 4.79 Å². The molecule has 20 heavy (non-hydrogen) atoms. The lowest BCUT2D eigenvalue weighted by Gasteiger charge is -2.24. The normalized spacial score (nSPS) is 16.9. The van der Waals surface area contributed by atoms with Crippen molar-refractivity contribution in [3.05, 3.63) is 58.6 Å². The van der Waals surface area contributed by atoms with Crippen molar-refractivity contribution in [3.8, 4) is 5.75 Å². The van der Waals surface area contributed by atoms with E-state index in [2.05, 4.69) is 21.2 Å². The van der Waals surface area contributed by atoms with E-state index >= 15 is 0 Å². The van der Waals surface area contributed by atoms with Crippen LogP contribution in [0.2, 0.25) is 0 Å². The van der Waals surface area contributed by atoms with E-state index in [1.165, 1.54) is 0 Å². The molecule has 0 saturated carbocycles. The Morgan fingerprint density at radius 3 is 2.90 bits per heavy atom. The van der Waals surface area contributed by atoms with Crippen molar-refractivity contribution < 1.29 is 9.53 Å². The highest BCUT2D eigenvalue weighted by Gasteiger charge is 2.25. The molecule has 1 N–H and O–H groups in total. The summed E-state index contributed by atoms with van der Waals surface area (Å²) >= 11 is 3.39. The van der Waals surface area contributed by atoms with Crippen LogP contribution in [-0.4, -0.2) is 12.5 Å². The second-order valence-electron chi connectivity index (χ2n) is 4.82. The Kier molecular flexibility index (Phi) is 3.74. The van der Waals surface area contributed by atoms with Crippen molar-refractivity contribution in [2.75, 3.05) is 11.9 Å². The number of halogens is 1. The summed E-state index contributed by atoms with van der Waals surface area (Å²) in [6.45, 7) is 0.427. The maximum atomic E-state index is 12.3. The first-order valence-corrected chi connectivity index (χ1v) is 7.29. The molecule has 1 aliphatic rings. The van der Waals surface area contributed by atoms with Crippen LogP contribution in [0.1, 0.15) is 5.56 Å². The second kappa shape index (κ2) is 5.67. The fourth-order valence-electron chi connectivity index (χ4n) is 2.31. The Morgan fingerprint density at radius 1 is 1.20 bits per heavy atom. The lowest BCUT2D eigenvalue weighted by Crippen LogP contribution is -2.32. The number of para-hydroxylation sites is 1. The highest BCUT2D eigenvalue weighted by Crippen LogP contribution is 2.27. The van der Waals surface area contributed by atoms with Gasteiger partial charge in [-0.05, 0) is 36.2 Å². The number of anilines is 1. The topological polar surface area (TPSA) is 38.3 Å². The first-order valence-electron chi connectivity index (χ1n) is 6.49. The molecule has 1 aliphatic heterocycles. The van der Waals surface area contributed by atoms with E-state index in [0.29, 0.717) is 6.61 Å². The summed E-state index contributed by atoms with van der Waals surface area (Å²) in [4.78, 5) is 12.3. The molecule has 2 aromatic carbocycles. The summed E-state index contributed by atoms with van der Waals surface area (Å²) in [5, 5.41) is 2.93. The van der Waals surface area contributed by atoms with Crippen LogP contribution in [0, 0.1) is 5.92 Å². The van der Waals surface area contributed by atoms with Crippen molar-refractivity contribution in [1.82, 2.24) is 0 Å². The van der Waals surface area contributed by atoms with Crippen LogP contribution in [0.15, 0.2) is 53.0 Å². The van der Waals surface area contributed by atoms with Gasteiger partial charge in [0.25, 0.3) is 0 Å². The number of benzene rings is 2. The molecule has 0 bridgehead atoms. The van der Waals surface area contributed by atoms with Crippen molar-refractivity contribution in [1.29, 1.82) is 0 Å². The average molecular weight is 332 g/mol. The van der Waals surface area contributed by atoms with Crippen LogP contribution in [0.5, 0.6) is 5.75 Å². The van der Waals surface area contributed by atoms with Crippen LogP contribution in [-0.2, 0) is 11.2 Å². The molecule has 0 aromatic heterocycles. The predicted molar refractivity (Wildman–Crippen MR) is 81.9 cm³/mol. The zero-order valence-electron chi connectivity index (χ0n) is 10.8. The molecular formula is C16H14BrNO2. The molecule has 0 radical (unpaired) electrons. The van der Waals surface area contributed by atoms with Gasteiger partial charge >= 0.3 is 0 Å². The van der Waals surface area contributed by atoms with Gasteiger partial charge in [0.1, 0.15) is 12.4 Å². The van der Waals surface area contributed by atoms with Gasteiger partial charge in [0.05, 0.1) is 5.92 Å². The molecule has 0 spiro atoms. The van der Waals surface area contributed by atoms with Crippen molar-refractivity contribution in [2.45, 2.75) is 6.42 Å². The van der Waals surface area contributed by atoms with Gasteiger partial charge in [-0.15, -0.1) is 0 Å². The maximum absolute atomic E-state index is 12.3. The highest BCUT2D eigenvalue weighted by molar-refractivity contribution is 9.10. The quantitative estimate of drug-likeness (QED) is 0.912. The van der Waals surface area contributed by atoms with Crippen LogP contribution in [0.4, 0.5) is 5.69 Å². The van der Waals surface area contributed by atoms with Gasteiger partial charge in [-0.25, -0.2) is 0 Å². The summed E-state index contributed by atoms with van der Waals surface area (Å²) < 4.78 is 6.59. The zero-order valence-corrected chi connectivity index (χ0v) is 12.4. The first-order chi connectivity index (χ1) is 9.72. The average Bonchev–Trinajstić information content (AvgIpc) is 2.47. The zero-order chi connectivity index (χ0) is 13.9. The molecular weight excluding hydrogens is 318 g/mol. The van der Waals surface area contributed by atoms with Gasteiger partial charge < -0.3 is 10.1 Å². The fourth-order valence-corrected chi connectivity index (χ4v) is 2.71. The third kappa shape index (κ3) is 2.85. The standard InChI is InChI=1S/C16H14BrNO2/c17-13-5-3-6-14(9-13)18-16(19)12-8-11-4-1-2-7-15(11)20-10-12/h1-7,9,12H,8,10H2,(H,18,19). The molecule has 0 saturated heterocycles. The molecule has 1 atom stereocenters. The van der Waals surface area contributed by atoms with E-state index < -0.39 is 0 Å². The number of fused-ring (bicyclic) bond motifs is 1. The van der Waals surface area contributed by atoms with E-state index in [4.69, 9.17) is 4.74 Å². The third-order valence-corrected chi connectivity index (χ3v) is 3.84. The van der Waals surface area contributed by atoms with E-state index in [0.717, 1.165) is 27.9 Å². The molecule has 1 heterocycles.